The van der Waals surface area contributed by atoms with E-state index in [9.17, 15) is 32.7 Å². The smallest absolute Gasteiger partial charge is 0.435 e. The molecule has 16 heteroatoms. The maximum absolute atomic E-state index is 12.8. The number of thioether (sulfide) groups is 2. The van der Waals surface area contributed by atoms with Gasteiger partial charge in [0, 0.05) is 30.2 Å². The van der Waals surface area contributed by atoms with E-state index in [-0.39, 0.29) is 24.4 Å². The monoisotopic (exact) mass is 548 g/mol. The topological polar surface area (TPSA) is 130 Å². The first-order valence-electron chi connectivity index (χ1n) is 10.2. The van der Waals surface area contributed by atoms with Crippen LogP contribution in [0, 0.1) is 13.8 Å². The minimum Gasteiger partial charge on any atom is -0.477 e. The van der Waals surface area contributed by atoms with E-state index in [1.807, 2.05) is 6.92 Å². The molecule has 2 aliphatic heterocycles. The Kier molecular flexibility index (Phi) is 7.15. The van der Waals surface area contributed by atoms with Gasteiger partial charge in [-0.25, -0.2) is 4.79 Å². The number of fused-ring (bicyclic) bond motifs is 1. The Labute approximate surface area is 209 Å². The summed E-state index contributed by atoms with van der Waals surface area (Å²) < 4.78 is 40.2. The van der Waals surface area contributed by atoms with E-state index in [0.29, 0.717) is 21.4 Å². The fourth-order valence-corrected chi connectivity index (χ4v) is 6.91. The fraction of sp³-hybridized carbons (Fsp3) is 0.474. The molecule has 2 aromatic rings. The molecule has 0 bridgehead atoms. The number of carboxylic acid groups (broad SMARTS) is 1. The molecule has 0 saturated carbocycles. The van der Waals surface area contributed by atoms with Gasteiger partial charge >= 0.3 is 12.1 Å². The van der Waals surface area contributed by atoms with E-state index in [0.717, 1.165) is 15.8 Å². The van der Waals surface area contributed by atoms with E-state index in [2.05, 4.69) is 20.6 Å². The van der Waals surface area contributed by atoms with Gasteiger partial charge < -0.3 is 10.4 Å². The van der Waals surface area contributed by atoms with Crippen LogP contribution in [0.4, 0.5) is 13.2 Å². The molecule has 0 aromatic carbocycles. The first-order chi connectivity index (χ1) is 16.5. The highest BCUT2D eigenvalue weighted by atomic mass is 32.2. The maximum Gasteiger partial charge on any atom is 0.435 e. The highest BCUT2D eigenvalue weighted by Gasteiger charge is 2.54. The molecule has 0 spiro atoms. The summed E-state index contributed by atoms with van der Waals surface area (Å²) in [5.74, 6) is -1.62. The lowest BCUT2D eigenvalue weighted by molar-refractivity contribution is -0.150. The lowest BCUT2D eigenvalue weighted by Gasteiger charge is -2.49. The molecule has 1 fully saturated rings. The molecule has 4 heterocycles. The summed E-state index contributed by atoms with van der Waals surface area (Å²) in [5.41, 5.74) is -0.305. The average Bonchev–Trinajstić information content (AvgIpc) is 3.38. The predicted molar refractivity (Wildman–Crippen MR) is 122 cm³/mol. The van der Waals surface area contributed by atoms with Gasteiger partial charge in [-0.3, -0.25) is 19.2 Å². The number of hydrogen-bond donors (Lipinski definition) is 2. The first-order valence-corrected chi connectivity index (χ1v) is 13.0. The first kappa shape index (κ1) is 25.5. The number of aryl methyl sites for hydroxylation is 3. The Bertz CT molecular complexity index is 1210. The Morgan fingerprint density at radius 2 is 2.06 bits per heavy atom. The van der Waals surface area contributed by atoms with Crippen LogP contribution in [0.2, 0.25) is 0 Å². The van der Waals surface area contributed by atoms with Crippen LogP contribution in [0.15, 0.2) is 21.7 Å². The third-order valence-corrected chi connectivity index (χ3v) is 8.66. The zero-order chi connectivity index (χ0) is 25.5. The number of amides is 2. The van der Waals surface area contributed by atoms with Gasteiger partial charge in [-0.05, 0) is 25.5 Å². The number of carbonyl (C=O) groups excluding carboxylic acids is 2. The standard InChI is InChI=1S/C19H19F3N6O4S3/c1-8-5-11(19(20,21)22)26-27(8)4-3-12(29)23-13-15(30)28-14(17(31)32)10(6-33-16(13)28)7-34-18-25-24-9(2)35-18/h5,13,16H,3-4,6-7H2,1-2H3,(H,23,29)(H,31,32)/t13-,16+/m0/s1. The van der Waals surface area contributed by atoms with Crippen LogP contribution < -0.4 is 5.32 Å². The number of nitrogens with zero attached hydrogens (tertiary/aromatic N) is 5. The second-order valence-corrected chi connectivity index (χ2v) is 11.2. The number of carboxylic acids is 1. The fourth-order valence-electron chi connectivity index (χ4n) is 3.61. The summed E-state index contributed by atoms with van der Waals surface area (Å²) in [6.45, 7) is 3.17. The molecule has 0 unspecified atom stereocenters. The van der Waals surface area contributed by atoms with Gasteiger partial charge in [0.15, 0.2) is 10.0 Å². The predicted octanol–water partition coefficient (Wildman–Crippen LogP) is 2.29. The van der Waals surface area contributed by atoms with E-state index >= 15 is 0 Å². The summed E-state index contributed by atoms with van der Waals surface area (Å²) >= 11 is 4.07. The van der Waals surface area contributed by atoms with Crippen molar-refractivity contribution in [1.29, 1.82) is 0 Å². The molecule has 188 valence electrons. The third-order valence-electron chi connectivity index (χ3n) is 5.27. The van der Waals surface area contributed by atoms with Gasteiger partial charge in [-0.2, -0.15) is 18.3 Å². The van der Waals surface area contributed by atoms with Crippen molar-refractivity contribution in [3.8, 4) is 0 Å². The minimum atomic E-state index is -4.58. The number of aromatic nitrogens is 4. The van der Waals surface area contributed by atoms with Crippen molar-refractivity contribution in [3.05, 3.63) is 33.7 Å². The molecule has 2 atom stereocenters. The van der Waals surface area contributed by atoms with Crippen LogP contribution in [-0.4, -0.2) is 70.7 Å². The van der Waals surface area contributed by atoms with Gasteiger partial charge in [0.25, 0.3) is 5.91 Å². The van der Waals surface area contributed by atoms with E-state index < -0.39 is 41.1 Å². The molecule has 4 rings (SSSR count). The zero-order valence-electron chi connectivity index (χ0n) is 18.3. The Morgan fingerprint density at radius 3 is 2.66 bits per heavy atom. The Hall–Kier alpha value is -2.59. The van der Waals surface area contributed by atoms with Crippen molar-refractivity contribution in [1.82, 2.24) is 30.2 Å². The highest BCUT2D eigenvalue weighted by Crippen LogP contribution is 2.41. The molecule has 0 radical (unpaired) electrons. The quantitative estimate of drug-likeness (QED) is 0.377. The molecule has 1 saturated heterocycles. The van der Waals surface area contributed by atoms with Gasteiger partial charge in [0.2, 0.25) is 5.91 Å². The molecular weight excluding hydrogens is 529 g/mol. The second-order valence-electron chi connectivity index (χ2n) is 7.73. The largest absolute Gasteiger partial charge is 0.477 e. The summed E-state index contributed by atoms with van der Waals surface area (Å²) in [4.78, 5) is 38.3. The molecule has 2 aliphatic rings. The number of carbonyl (C=O) groups is 3. The Morgan fingerprint density at radius 1 is 1.31 bits per heavy atom. The van der Waals surface area contributed by atoms with E-state index in [4.69, 9.17) is 0 Å². The van der Waals surface area contributed by atoms with E-state index in [1.54, 1.807) is 0 Å². The normalized spacial score (nSPS) is 20.0. The molecule has 0 aliphatic carbocycles. The van der Waals surface area contributed by atoms with Crippen LogP contribution in [0.5, 0.6) is 0 Å². The molecule has 2 aromatic heterocycles. The van der Waals surface area contributed by atoms with Crippen molar-refractivity contribution in [2.24, 2.45) is 0 Å². The average molecular weight is 549 g/mol. The summed E-state index contributed by atoms with van der Waals surface area (Å²) in [6, 6.07) is -0.0162. The summed E-state index contributed by atoms with van der Waals surface area (Å²) in [5, 5.41) is 23.9. The van der Waals surface area contributed by atoms with Gasteiger partial charge in [0.05, 0.1) is 0 Å². The van der Waals surface area contributed by atoms with Crippen LogP contribution >= 0.6 is 34.9 Å². The van der Waals surface area contributed by atoms with Crippen molar-refractivity contribution >= 4 is 52.6 Å². The second kappa shape index (κ2) is 9.81. The molecule has 2 amide bonds. The van der Waals surface area contributed by atoms with Crippen molar-refractivity contribution in [2.45, 2.75) is 48.7 Å². The zero-order valence-corrected chi connectivity index (χ0v) is 20.8. The molecular formula is C19H19F3N6O4S3. The van der Waals surface area contributed by atoms with Crippen LogP contribution in [0.1, 0.15) is 22.8 Å². The number of alkyl halides is 3. The number of β-lactam (4-membered cyclic amide) rings is 1. The lowest BCUT2D eigenvalue weighted by atomic mass is 10.0. The molecule has 2 N–H and O–H groups in total. The highest BCUT2D eigenvalue weighted by molar-refractivity contribution is 8.01. The minimum absolute atomic E-state index is 0.0927. The van der Waals surface area contributed by atoms with Crippen LogP contribution in [0.3, 0.4) is 0 Å². The summed E-state index contributed by atoms with van der Waals surface area (Å²) in [7, 11) is 0. The van der Waals surface area contributed by atoms with Gasteiger partial charge in [0.1, 0.15) is 22.1 Å². The number of rotatable bonds is 8. The van der Waals surface area contributed by atoms with Crippen LogP contribution in [-0.2, 0) is 27.1 Å². The number of halogens is 3. The molecule has 35 heavy (non-hydrogen) atoms. The summed E-state index contributed by atoms with van der Waals surface area (Å²) in [6.07, 6.45) is -4.77. The van der Waals surface area contributed by atoms with Gasteiger partial charge in [-0.1, -0.05) is 23.1 Å². The number of hydrogen-bond acceptors (Lipinski definition) is 9. The third kappa shape index (κ3) is 5.33. The van der Waals surface area contributed by atoms with Crippen molar-refractivity contribution in [2.75, 3.05) is 11.5 Å². The van der Waals surface area contributed by atoms with Gasteiger partial charge in [-0.15, -0.1) is 22.0 Å². The molecule has 10 nitrogen and oxygen atoms in total. The lowest BCUT2D eigenvalue weighted by Crippen LogP contribution is -2.70. The van der Waals surface area contributed by atoms with E-state index in [1.165, 1.54) is 46.7 Å². The van der Waals surface area contributed by atoms with Crippen molar-refractivity contribution in [3.63, 3.8) is 0 Å². The van der Waals surface area contributed by atoms with Crippen molar-refractivity contribution < 1.29 is 32.7 Å². The van der Waals surface area contributed by atoms with Crippen LogP contribution in [0.25, 0.3) is 0 Å². The maximum atomic E-state index is 12.8. The SMILES string of the molecule is Cc1nnc(SCC2=C(C(=O)O)N3C(=O)[C@H](NC(=O)CCn4nc(C(F)(F)F)cc4C)[C@H]3SC2)s1. The number of nitrogens with one attached hydrogen (secondary N) is 1. The Balaban J connectivity index is 1.37. The number of aliphatic carboxylic acids is 1.